The molecule has 4 aromatic rings. The van der Waals surface area contributed by atoms with Crippen molar-refractivity contribution in [1.29, 1.82) is 0 Å². The molecule has 2 aromatic carbocycles. The van der Waals surface area contributed by atoms with Gasteiger partial charge in [-0.05, 0) is 48.7 Å². The lowest BCUT2D eigenvalue weighted by Gasteiger charge is -2.22. The number of ether oxygens (including phenoxy) is 1. The molecule has 1 amide bonds. The highest BCUT2D eigenvalue weighted by Gasteiger charge is 2.45. The Morgan fingerprint density at radius 2 is 2.00 bits per heavy atom. The van der Waals surface area contributed by atoms with E-state index < -0.39 is 11.9 Å². The second-order valence-corrected chi connectivity index (χ2v) is 9.60. The molecule has 3 heterocycles. The third kappa shape index (κ3) is 3.75. The van der Waals surface area contributed by atoms with Crippen molar-refractivity contribution in [3.8, 4) is 5.75 Å². The van der Waals surface area contributed by atoms with Crippen molar-refractivity contribution in [1.82, 2.24) is 10.2 Å². The monoisotopic (exact) mass is 525 g/mol. The van der Waals surface area contributed by atoms with Crippen LogP contribution in [0.15, 0.2) is 56.1 Å². The van der Waals surface area contributed by atoms with E-state index in [1.165, 1.54) is 16.2 Å². The Labute approximate surface area is 202 Å². The molecule has 0 fully saturated rings. The van der Waals surface area contributed by atoms with Crippen molar-refractivity contribution in [3.63, 3.8) is 0 Å². The summed E-state index contributed by atoms with van der Waals surface area (Å²) in [5.74, 6) is 0.304. The van der Waals surface area contributed by atoms with Crippen molar-refractivity contribution < 1.29 is 13.9 Å². The molecule has 0 N–H and O–H groups in total. The Bertz CT molecular complexity index is 1430. The zero-order chi connectivity index (χ0) is 23.1. The molecule has 2 aromatic heterocycles. The number of rotatable bonds is 6. The minimum Gasteiger partial charge on any atom is -0.494 e. The van der Waals surface area contributed by atoms with Crippen LogP contribution < -0.4 is 15.1 Å². The zero-order valence-electron chi connectivity index (χ0n) is 18.0. The van der Waals surface area contributed by atoms with Gasteiger partial charge in [0.2, 0.25) is 10.9 Å². The van der Waals surface area contributed by atoms with Gasteiger partial charge in [-0.1, -0.05) is 53.2 Å². The van der Waals surface area contributed by atoms with Crippen molar-refractivity contribution in [2.24, 2.45) is 0 Å². The molecule has 1 unspecified atom stereocenters. The molecule has 9 heteroatoms. The first-order valence-corrected chi connectivity index (χ1v) is 12.3. The van der Waals surface area contributed by atoms with E-state index in [0.717, 1.165) is 21.5 Å². The summed E-state index contributed by atoms with van der Waals surface area (Å²) in [4.78, 5) is 28.8. The molecule has 5 rings (SSSR count). The van der Waals surface area contributed by atoms with Crippen molar-refractivity contribution in [2.45, 2.75) is 32.7 Å². The molecule has 1 aliphatic rings. The van der Waals surface area contributed by atoms with E-state index in [0.29, 0.717) is 40.4 Å². The van der Waals surface area contributed by atoms with Crippen LogP contribution in [0.3, 0.4) is 0 Å². The molecular weight excluding hydrogens is 506 g/mol. The normalized spacial score (nSPS) is 15.3. The summed E-state index contributed by atoms with van der Waals surface area (Å²) < 4.78 is 12.6. The predicted molar refractivity (Wildman–Crippen MR) is 130 cm³/mol. The molecule has 0 saturated carbocycles. The van der Waals surface area contributed by atoms with Crippen LogP contribution in [0, 0.1) is 0 Å². The average molecular weight is 526 g/mol. The summed E-state index contributed by atoms with van der Waals surface area (Å²) in [6.45, 7) is 4.59. The highest BCUT2D eigenvalue weighted by Crippen LogP contribution is 2.42. The van der Waals surface area contributed by atoms with Crippen molar-refractivity contribution in [3.05, 3.63) is 79.1 Å². The number of hydrogen-bond acceptors (Lipinski definition) is 7. The number of fused-ring (bicyclic) bond motifs is 2. The maximum absolute atomic E-state index is 13.7. The Kier molecular flexibility index (Phi) is 5.76. The van der Waals surface area contributed by atoms with Gasteiger partial charge >= 0.3 is 0 Å². The van der Waals surface area contributed by atoms with Gasteiger partial charge in [-0.25, -0.2) is 0 Å². The van der Waals surface area contributed by atoms with Crippen LogP contribution in [-0.4, -0.2) is 22.7 Å². The Hall–Kier alpha value is -3.04. The molecule has 1 aliphatic heterocycles. The van der Waals surface area contributed by atoms with Crippen LogP contribution in [0.1, 0.15) is 53.0 Å². The van der Waals surface area contributed by atoms with E-state index >= 15 is 0 Å². The third-order valence-corrected chi connectivity index (χ3v) is 7.00. The van der Waals surface area contributed by atoms with Crippen LogP contribution >= 0.6 is 27.3 Å². The van der Waals surface area contributed by atoms with Crippen LogP contribution in [0.2, 0.25) is 0 Å². The number of aryl methyl sites for hydroxylation is 1. The van der Waals surface area contributed by atoms with Gasteiger partial charge in [0, 0.05) is 4.47 Å². The van der Waals surface area contributed by atoms with Gasteiger partial charge in [0.1, 0.15) is 16.3 Å². The van der Waals surface area contributed by atoms with Crippen LogP contribution in [-0.2, 0) is 6.42 Å². The zero-order valence-corrected chi connectivity index (χ0v) is 20.4. The summed E-state index contributed by atoms with van der Waals surface area (Å²) in [5, 5.41) is 10.1. The van der Waals surface area contributed by atoms with Crippen molar-refractivity contribution >= 4 is 49.3 Å². The van der Waals surface area contributed by atoms with Gasteiger partial charge in [-0.3, -0.25) is 14.5 Å². The van der Waals surface area contributed by atoms with Gasteiger partial charge in [0.05, 0.1) is 23.6 Å². The quantitative estimate of drug-likeness (QED) is 0.330. The molecule has 0 aliphatic carbocycles. The number of nitrogens with zero attached hydrogens (tertiary/aromatic N) is 3. The van der Waals surface area contributed by atoms with Crippen LogP contribution in [0.4, 0.5) is 5.13 Å². The highest BCUT2D eigenvalue weighted by atomic mass is 79.9. The fraction of sp³-hybridized carbons (Fsp3) is 0.250. The summed E-state index contributed by atoms with van der Waals surface area (Å²) in [6, 6.07) is 11.9. The summed E-state index contributed by atoms with van der Waals surface area (Å²) in [5.41, 5.74) is 1.16. The van der Waals surface area contributed by atoms with Gasteiger partial charge < -0.3 is 9.15 Å². The molecule has 168 valence electrons. The molecule has 0 saturated heterocycles. The first-order chi connectivity index (χ1) is 16.0. The van der Waals surface area contributed by atoms with E-state index in [-0.39, 0.29) is 11.2 Å². The number of amides is 1. The maximum Gasteiger partial charge on any atom is 0.297 e. The van der Waals surface area contributed by atoms with Crippen LogP contribution in [0.25, 0.3) is 11.0 Å². The van der Waals surface area contributed by atoms with Crippen LogP contribution in [0.5, 0.6) is 5.75 Å². The SMILES string of the molecule is CCCOc1cccc(C2c3c(oc4ccc(Br)cc4c3=O)C(=O)N2c2nnc(CC)s2)c1. The number of carbonyl (C=O) groups excluding carboxylic acids is 1. The van der Waals surface area contributed by atoms with E-state index in [9.17, 15) is 9.59 Å². The van der Waals surface area contributed by atoms with E-state index in [1.54, 1.807) is 18.2 Å². The summed E-state index contributed by atoms with van der Waals surface area (Å²) in [6.07, 6.45) is 1.57. The highest BCUT2D eigenvalue weighted by molar-refractivity contribution is 9.10. The number of hydrogen-bond donors (Lipinski definition) is 0. The second-order valence-electron chi connectivity index (χ2n) is 7.65. The predicted octanol–water partition coefficient (Wildman–Crippen LogP) is 5.51. The lowest BCUT2D eigenvalue weighted by atomic mass is 9.98. The maximum atomic E-state index is 13.7. The molecule has 33 heavy (non-hydrogen) atoms. The molecule has 0 spiro atoms. The fourth-order valence-electron chi connectivity index (χ4n) is 3.94. The second kappa shape index (κ2) is 8.72. The minimum atomic E-state index is -0.699. The molecule has 0 radical (unpaired) electrons. The molecule has 1 atom stereocenters. The smallest absolute Gasteiger partial charge is 0.297 e. The number of benzene rings is 2. The van der Waals surface area contributed by atoms with E-state index in [1.807, 2.05) is 38.1 Å². The van der Waals surface area contributed by atoms with Gasteiger partial charge in [0.15, 0.2) is 5.43 Å². The van der Waals surface area contributed by atoms with Gasteiger partial charge in [0.25, 0.3) is 5.91 Å². The lowest BCUT2D eigenvalue weighted by molar-refractivity contribution is 0.0970. The Balaban J connectivity index is 1.75. The van der Waals surface area contributed by atoms with Gasteiger partial charge in [-0.15, -0.1) is 10.2 Å². The van der Waals surface area contributed by atoms with E-state index in [2.05, 4.69) is 26.1 Å². The van der Waals surface area contributed by atoms with E-state index in [4.69, 9.17) is 9.15 Å². The topological polar surface area (TPSA) is 85.5 Å². The number of anilines is 1. The number of aromatic nitrogens is 2. The largest absolute Gasteiger partial charge is 0.494 e. The van der Waals surface area contributed by atoms with Gasteiger partial charge in [-0.2, -0.15) is 0 Å². The number of carbonyl (C=O) groups is 1. The van der Waals surface area contributed by atoms with Crippen molar-refractivity contribution in [2.75, 3.05) is 11.5 Å². The standard InChI is InChI=1S/C24H20BrN3O4S/c1-3-10-31-15-7-5-6-13(11-15)20-19-21(29)16-12-14(25)8-9-17(16)32-22(19)23(30)28(20)24-27-26-18(4-2)33-24/h5-9,11-12,20H,3-4,10H2,1-2H3. The lowest BCUT2D eigenvalue weighted by Crippen LogP contribution is -2.29. The first-order valence-electron chi connectivity index (χ1n) is 10.7. The summed E-state index contributed by atoms with van der Waals surface area (Å²) >= 11 is 4.75. The minimum absolute atomic E-state index is 0.0351. The number of halogens is 1. The molecule has 0 bridgehead atoms. The summed E-state index contributed by atoms with van der Waals surface area (Å²) in [7, 11) is 0. The average Bonchev–Trinajstić information content (AvgIpc) is 3.41. The fourth-order valence-corrected chi connectivity index (χ4v) is 5.10. The first kappa shape index (κ1) is 21.8. The molecular formula is C24H20BrN3O4S. The third-order valence-electron chi connectivity index (χ3n) is 5.44. The Morgan fingerprint density at radius 1 is 1.15 bits per heavy atom. The Morgan fingerprint density at radius 3 is 2.76 bits per heavy atom. The molecule has 7 nitrogen and oxygen atoms in total.